The van der Waals surface area contributed by atoms with E-state index in [1.807, 2.05) is 0 Å². The number of carbonyl (C=O) groups excluding carboxylic acids is 1. The summed E-state index contributed by atoms with van der Waals surface area (Å²) in [5.41, 5.74) is -3.96. The molecule has 4 rings (SSSR count). The van der Waals surface area contributed by atoms with Crippen LogP contribution in [0.25, 0.3) is 5.57 Å². The molecule has 1 unspecified atom stereocenters. The molecule has 0 saturated carbocycles. The molecule has 2 heterocycles. The Morgan fingerprint density at radius 1 is 1.06 bits per heavy atom. The smallest absolute Gasteiger partial charge is 0.432 e. The predicted molar refractivity (Wildman–Crippen MR) is 118 cm³/mol. The highest BCUT2D eigenvalue weighted by molar-refractivity contribution is 6.35. The Balaban J connectivity index is 1.56. The van der Waals surface area contributed by atoms with Crippen LogP contribution in [0.1, 0.15) is 37.0 Å². The summed E-state index contributed by atoms with van der Waals surface area (Å²) in [4.78, 5) is 13.4. The second-order valence-corrected chi connectivity index (χ2v) is 9.72. The van der Waals surface area contributed by atoms with Crippen molar-refractivity contribution in [3.63, 3.8) is 0 Å². The average Bonchev–Trinajstić information content (AvgIpc) is 3.21. The monoisotopic (exact) mass is 519 g/mol. The first-order chi connectivity index (χ1) is 15.8. The number of hydrogen-bond donors (Lipinski definition) is 0. The minimum absolute atomic E-state index is 0.0710. The molecule has 1 fully saturated rings. The summed E-state index contributed by atoms with van der Waals surface area (Å²) in [6.45, 7) is 3.33. The van der Waals surface area contributed by atoms with Gasteiger partial charge in [0.25, 0.3) is 0 Å². The molecule has 2 aliphatic rings. The molecule has 2 aromatic carbocycles. The van der Waals surface area contributed by atoms with E-state index in [1.54, 1.807) is 13.8 Å². The number of amides is 1. The maximum absolute atomic E-state index is 15.2. The van der Waals surface area contributed by atoms with Crippen LogP contribution in [0.4, 0.5) is 22.0 Å². The number of rotatable bonds is 4. The van der Waals surface area contributed by atoms with E-state index in [4.69, 9.17) is 27.9 Å². The zero-order valence-corrected chi connectivity index (χ0v) is 19.7. The molecule has 1 saturated heterocycles. The summed E-state index contributed by atoms with van der Waals surface area (Å²) < 4.78 is 76.6. The average molecular weight is 520 g/mol. The van der Waals surface area contributed by atoms with Crippen molar-refractivity contribution in [2.75, 3.05) is 13.1 Å². The third-order valence-corrected chi connectivity index (χ3v) is 6.76. The molecule has 1 amide bonds. The minimum atomic E-state index is -4.86. The van der Waals surface area contributed by atoms with E-state index < -0.39 is 45.3 Å². The van der Waals surface area contributed by atoms with Crippen molar-refractivity contribution in [1.82, 2.24) is 4.90 Å². The number of likely N-dealkylation sites (tertiary alicyclic amines) is 1. The van der Waals surface area contributed by atoms with E-state index in [9.17, 15) is 22.4 Å². The van der Waals surface area contributed by atoms with Crippen LogP contribution in [-0.4, -0.2) is 30.1 Å². The van der Waals surface area contributed by atoms with E-state index in [-0.39, 0.29) is 30.5 Å². The molecule has 0 aliphatic carbocycles. The Morgan fingerprint density at radius 3 is 2.12 bits per heavy atom. The van der Waals surface area contributed by atoms with Gasteiger partial charge in [0.1, 0.15) is 0 Å². The Bertz CT molecular complexity index is 1130. The number of carbonyl (C=O) groups is 1. The van der Waals surface area contributed by atoms with Gasteiger partial charge < -0.3 is 9.64 Å². The molecule has 3 nitrogen and oxygen atoms in total. The zero-order chi connectivity index (χ0) is 25.1. The van der Waals surface area contributed by atoms with Crippen LogP contribution < -0.4 is 0 Å². The van der Waals surface area contributed by atoms with Crippen molar-refractivity contribution < 1.29 is 31.5 Å². The first-order valence-electron chi connectivity index (χ1n) is 10.4. The van der Waals surface area contributed by atoms with E-state index in [2.05, 4.69) is 0 Å². The number of halogens is 7. The van der Waals surface area contributed by atoms with Crippen molar-refractivity contribution in [3.05, 3.63) is 75.2 Å². The van der Waals surface area contributed by atoms with Crippen molar-refractivity contribution in [2.45, 2.75) is 37.7 Å². The molecule has 0 bridgehead atoms. The number of alkyl halides is 4. The fraction of sp³-hybridized carbons (Fsp3) is 0.375. The number of ether oxygens (including phenoxy) is 1. The maximum atomic E-state index is 15.2. The van der Waals surface area contributed by atoms with Crippen LogP contribution in [0.15, 0.2) is 42.7 Å². The largest absolute Gasteiger partial charge is 0.480 e. The number of benzene rings is 2. The first kappa shape index (κ1) is 24.8. The van der Waals surface area contributed by atoms with Gasteiger partial charge in [-0.3, -0.25) is 4.79 Å². The van der Waals surface area contributed by atoms with E-state index >= 15 is 4.39 Å². The molecule has 0 spiro atoms. The maximum Gasteiger partial charge on any atom is 0.432 e. The Morgan fingerprint density at radius 2 is 1.62 bits per heavy atom. The predicted octanol–water partition coefficient (Wildman–Crippen LogP) is 7.01. The van der Waals surface area contributed by atoms with Gasteiger partial charge in [-0.15, -0.1) is 0 Å². The van der Waals surface area contributed by atoms with Gasteiger partial charge in [0.15, 0.2) is 11.5 Å². The molecular weight excluding hydrogens is 500 g/mol. The molecule has 10 heteroatoms. The van der Waals surface area contributed by atoms with Gasteiger partial charge in [0.2, 0.25) is 11.5 Å². The SMILES string of the molecule is CC(C)C(=O)N1CC(F)(c2ccc(C3=COC(c4cc(Cl)c(F)c(Cl)c4)(C(F)(F)F)C3)cc2)C1. The molecule has 0 N–H and O–H groups in total. The third kappa shape index (κ3) is 4.05. The standard InChI is InChI=1S/C24H20Cl2F5NO2/c1-13(2)21(33)32-11-22(28,12-32)16-5-3-14(4-6-16)15-9-23(34-10-15,24(29,30)31)17-7-18(25)20(27)19(26)8-17/h3-8,10,13H,9,11-12H2,1-2H3. The molecule has 0 radical (unpaired) electrons. The Kier molecular flexibility index (Phi) is 6.13. The van der Waals surface area contributed by atoms with Crippen LogP contribution in [0.3, 0.4) is 0 Å². The van der Waals surface area contributed by atoms with Crippen LogP contribution in [0, 0.1) is 11.7 Å². The summed E-state index contributed by atoms with van der Waals surface area (Å²) in [7, 11) is 0. The van der Waals surface area contributed by atoms with Crippen LogP contribution in [-0.2, 0) is 20.8 Å². The van der Waals surface area contributed by atoms with Gasteiger partial charge in [-0.1, -0.05) is 61.3 Å². The minimum Gasteiger partial charge on any atom is -0.480 e. The Labute approximate surface area is 203 Å². The van der Waals surface area contributed by atoms with E-state index in [0.29, 0.717) is 11.1 Å². The lowest BCUT2D eigenvalue weighted by Gasteiger charge is -2.45. The fourth-order valence-corrected chi connectivity index (χ4v) is 4.72. The highest BCUT2D eigenvalue weighted by Gasteiger charge is 2.60. The lowest BCUT2D eigenvalue weighted by molar-refractivity contribution is -0.260. The fourth-order valence-electron chi connectivity index (χ4n) is 4.23. The van der Waals surface area contributed by atoms with Gasteiger partial charge >= 0.3 is 6.18 Å². The van der Waals surface area contributed by atoms with Crippen molar-refractivity contribution in [3.8, 4) is 0 Å². The second-order valence-electron chi connectivity index (χ2n) is 8.91. The van der Waals surface area contributed by atoms with Crippen molar-refractivity contribution in [1.29, 1.82) is 0 Å². The summed E-state index contributed by atoms with van der Waals surface area (Å²) >= 11 is 11.5. The van der Waals surface area contributed by atoms with Crippen molar-refractivity contribution >= 4 is 34.7 Å². The van der Waals surface area contributed by atoms with Crippen LogP contribution >= 0.6 is 23.2 Å². The van der Waals surface area contributed by atoms with Crippen LogP contribution in [0.2, 0.25) is 10.0 Å². The second kappa shape index (κ2) is 8.41. The highest BCUT2D eigenvalue weighted by Crippen LogP contribution is 2.53. The van der Waals surface area contributed by atoms with E-state index in [1.165, 1.54) is 29.2 Å². The highest BCUT2D eigenvalue weighted by atomic mass is 35.5. The summed E-state index contributed by atoms with van der Waals surface area (Å²) in [6.07, 6.45) is -4.48. The zero-order valence-electron chi connectivity index (χ0n) is 18.1. The van der Waals surface area contributed by atoms with E-state index in [0.717, 1.165) is 18.4 Å². The number of hydrogen-bond acceptors (Lipinski definition) is 2. The molecule has 1 atom stereocenters. The first-order valence-corrected chi connectivity index (χ1v) is 11.2. The molecule has 0 aromatic heterocycles. The quantitative estimate of drug-likeness (QED) is 0.321. The van der Waals surface area contributed by atoms with Crippen LogP contribution in [0.5, 0.6) is 0 Å². The molecule has 34 heavy (non-hydrogen) atoms. The summed E-state index contributed by atoms with van der Waals surface area (Å²) in [5.74, 6) is -1.39. The van der Waals surface area contributed by atoms with Gasteiger partial charge in [0, 0.05) is 17.9 Å². The summed E-state index contributed by atoms with van der Waals surface area (Å²) in [5, 5.41) is -1.10. The summed E-state index contributed by atoms with van der Waals surface area (Å²) in [6, 6.07) is 7.71. The lowest BCUT2D eigenvalue weighted by Crippen LogP contribution is -2.59. The molecule has 2 aromatic rings. The molecular formula is C24H20Cl2F5NO2. The Hall–Kier alpha value is -2.32. The van der Waals surface area contributed by atoms with Gasteiger partial charge in [-0.25, -0.2) is 8.78 Å². The van der Waals surface area contributed by atoms with Gasteiger partial charge in [0.05, 0.1) is 29.4 Å². The van der Waals surface area contributed by atoms with Gasteiger partial charge in [-0.2, -0.15) is 13.2 Å². The molecule has 2 aliphatic heterocycles. The van der Waals surface area contributed by atoms with Crippen molar-refractivity contribution in [2.24, 2.45) is 5.92 Å². The third-order valence-electron chi connectivity index (χ3n) is 6.21. The number of nitrogens with zero attached hydrogens (tertiary/aromatic N) is 1. The normalized spacial score (nSPS) is 21.8. The molecule has 182 valence electrons. The van der Waals surface area contributed by atoms with Gasteiger partial charge in [-0.05, 0) is 28.8 Å². The lowest BCUT2D eigenvalue weighted by atomic mass is 9.84. The topological polar surface area (TPSA) is 29.5 Å².